The first-order chi connectivity index (χ1) is 17.5. The lowest BCUT2D eigenvalue weighted by molar-refractivity contribution is 0.0949. The van der Waals surface area contributed by atoms with Crippen LogP contribution in [-0.2, 0) is 13.1 Å². The predicted molar refractivity (Wildman–Crippen MR) is 144 cm³/mol. The fraction of sp³-hybridized carbons (Fsp3) is 0.333. The number of benzene rings is 3. The van der Waals surface area contributed by atoms with Crippen LogP contribution in [0, 0.1) is 6.92 Å². The number of methoxy groups -OCH3 is 1. The number of aryl methyl sites for hydroxylation is 2. The molecule has 0 saturated carbocycles. The highest BCUT2D eigenvalue weighted by Crippen LogP contribution is 2.27. The summed E-state index contributed by atoms with van der Waals surface area (Å²) in [6.07, 6.45) is 1.87. The molecular weight excluding hydrogens is 450 g/mol. The van der Waals surface area contributed by atoms with Gasteiger partial charge in [-0.15, -0.1) is 0 Å². The number of carbonyl (C=O) groups is 1. The van der Waals surface area contributed by atoms with Crippen LogP contribution in [0.15, 0.2) is 66.7 Å². The van der Waals surface area contributed by atoms with E-state index in [-0.39, 0.29) is 5.91 Å². The molecule has 188 valence electrons. The van der Waals surface area contributed by atoms with E-state index in [1.807, 2.05) is 30.3 Å². The molecule has 0 aliphatic rings. The zero-order chi connectivity index (χ0) is 25.5. The Morgan fingerprint density at radius 3 is 2.67 bits per heavy atom. The fourth-order valence-electron chi connectivity index (χ4n) is 4.33. The fourth-order valence-corrected chi connectivity index (χ4v) is 4.33. The van der Waals surface area contributed by atoms with Gasteiger partial charge in [0.05, 0.1) is 31.3 Å². The van der Waals surface area contributed by atoms with Gasteiger partial charge in [0.1, 0.15) is 17.3 Å². The topological polar surface area (TPSA) is 65.4 Å². The number of hydrogen-bond acceptors (Lipinski definition) is 4. The Morgan fingerprint density at radius 2 is 1.86 bits per heavy atom. The summed E-state index contributed by atoms with van der Waals surface area (Å²) in [4.78, 5) is 17.5. The molecular formula is C30H35N3O3. The molecule has 4 aromatic rings. The molecule has 0 spiro atoms. The molecule has 1 amide bonds. The van der Waals surface area contributed by atoms with Gasteiger partial charge in [0, 0.05) is 12.1 Å². The minimum absolute atomic E-state index is 0.153. The number of imidazole rings is 1. The van der Waals surface area contributed by atoms with Crippen LogP contribution < -0.4 is 14.8 Å². The Bertz CT molecular complexity index is 1330. The highest BCUT2D eigenvalue weighted by atomic mass is 16.5. The van der Waals surface area contributed by atoms with E-state index in [9.17, 15) is 4.79 Å². The second-order valence-electron chi connectivity index (χ2n) is 9.33. The maximum Gasteiger partial charge on any atom is 0.251 e. The van der Waals surface area contributed by atoms with Crippen molar-refractivity contribution in [3.8, 4) is 11.5 Å². The van der Waals surface area contributed by atoms with Crippen LogP contribution in [-0.4, -0.2) is 29.2 Å². The predicted octanol–water partition coefficient (Wildman–Crippen LogP) is 6.27. The first kappa shape index (κ1) is 25.3. The molecule has 0 fully saturated rings. The van der Waals surface area contributed by atoms with E-state index in [2.05, 4.69) is 54.9 Å². The van der Waals surface area contributed by atoms with Crippen molar-refractivity contribution in [1.82, 2.24) is 14.9 Å². The smallest absolute Gasteiger partial charge is 0.251 e. The number of rotatable bonds is 11. The second-order valence-corrected chi connectivity index (χ2v) is 9.33. The number of fused-ring (bicyclic) bond motifs is 1. The number of aromatic nitrogens is 2. The molecule has 3 aromatic carbocycles. The number of ether oxygens (including phenoxy) is 2. The summed E-state index contributed by atoms with van der Waals surface area (Å²) in [6.45, 7) is 8.29. The van der Waals surface area contributed by atoms with Gasteiger partial charge in [0.25, 0.3) is 5.91 Å². The molecule has 6 nitrogen and oxygen atoms in total. The number of amides is 1. The summed E-state index contributed by atoms with van der Waals surface area (Å²) in [6, 6.07) is 21.7. The van der Waals surface area contributed by atoms with Crippen LogP contribution in [0.25, 0.3) is 11.0 Å². The minimum atomic E-state index is -0.153. The van der Waals surface area contributed by atoms with E-state index in [0.717, 1.165) is 42.0 Å². The van der Waals surface area contributed by atoms with E-state index in [4.69, 9.17) is 14.5 Å². The van der Waals surface area contributed by atoms with Crippen LogP contribution >= 0.6 is 0 Å². The molecule has 1 aromatic heterocycles. The molecule has 0 bridgehead atoms. The Labute approximate surface area is 213 Å². The summed E-state index contributed by atoms with van der Waals surface area (Å²) in [5, 5.41) is 3.01. The third-order valence-corrected chi connectivity index (χ3v) is 6.30. The Kier molecular flexibility index (Phi) is 8.26. The van der Waals surface area contributed by atoms with E-state index >= 15 is 0 Å². The third-order valence-electron chi connectivity index (χ3n) is 6.30. The Balaban J connectivity index is 1.39. The SMILES string of the molecule is COc1cccc(C(=O)NCc2nc3ccccc3n2CCCCOc2cc(C)ccc2C(C)C)c1. The molecule has 1 N–H and O–H groups in total. The zero-order valence-electron chi connectivity index (χ0n) is 21.6. The molecule has 1 heterocycles. The van der Waals surface area contributed by atoms with Crippen molar-refractivity contribution >= 4 is 16.9 Å². The molecule has 0 radical (unpaired) electrons. The number of para-hydroxylation sites is 2. The number of nitrogens with one attached hydrogen (secondary N) is 1. The summed E-state index contributed by atoms with van der Waals surface area (Å²) >= 11 is 0. The Morgan fingerprint density at radius 1 is 1.03 bits per heavy atom. The maximum atomic E-state index is 12.7. The van der Waals surface area contributed by atoms with E-state index in [1.54, 1.807) is 19.2 Å². The second kappa shape index (κ2) is 11.8. The summed E-state index contributed by atoms with van der Waals surface area (Å²) < 4.78 is 13.6. The van der Waals surface area contributed by atoms with Gasteiger partial charge >= 0.3 is 0 Å². The van der Waals surface area contributed by atoms with Gasteiger partial charge in [-0.1, -0.05) is 44.2 Å². The molecule has 0 unspecified atom stereocenters. The number of nitrogens with zero attached hydrogens (tertiary/aromatic N) is 2. The van der Waals surface area contributed by atoms with Gasteiger partial charge in [0.2, 0.25) is 0 Å². The summed E-state index contributed by atoms with van der Waals surface area (Å²) in [5.74, 6) is 2.75. The lowest BCUT2D eigenvalue weighted by Crippen LogP contribution is -2.24. The number of hydrogen-bond donors (Lipinski definition) is 1. The highest BCUT2D eigenvalue weighted by Gasteiger charge is 2.13. The average molecular weight is 486 g/mol. The van der Waals surface area contributed by atoms with Crippen molar-refractivity contribution in [2.45, 2.75) is 52.6 Å². The van der Waals surface area contributed by atoms with Crippen LogP contribution in [0.2, 0.25) is 0 Å². The number of unbranched alkanes of at least 4 members (excludes halogenated alkanes) is 1. The van der Waals surface area contributed by atoms with Gasteiger partial charge in [-0.3, -0.25) is 4.79 Å². The maximum absolute atomic E-state index is 12.7. The quantitative estimate of drug-likeness (QED) is 0.255. The molecule has 0 aliphatic carbocycles. The molecule has 0 atom stereocenters. The van der Waals surface area contributed by atoms with Crippen molar-refractivity contribution < 1.29 is 14.3 Å². The zero-order valence-corrected chi connectivity index (χ0v) is 21.6. The molecule has 0 saturated heterocycles. The van der Waals surface area contributed by atoms with Crippen LogP contribution in [0.1, 0.15) is 59.9 Å². The van der Waals surface area contributed by atoms with Gasteiger partial charge in [0.15, 0.2) is 0 Å². The standard InChI is InChI=1S/C30H35N3O3/c1-21(2)25-15-14-22(3)18-28(25)36-17-8-7-16-33-27-13-6-5-12-26(27)32-29(33)20-31-30(34)23-10-9-11-24(19-23)35-4/h5-6,9-15,18-19,21H,7-8,16-17,20H2,1-4H3,(H,31,34). The molecule has 0 aliphatic heterocycles. The monoisotopic (exact) mass is 485 g/mol. The molecule has 36 heavy (non-hydrogen) atoms. The van der Waals surface area contributed by atoms with Crippen molar-refractivity contribution in [3.63, 3.8) is 0 Å². The summed E-state index contributed by atoms with van der Waals surface area (Å²) in [5.41, 5.74) is 5.02. The number of carbonyl (C=O) groups excluding carboxylic acids is 1. The first-order valence-electron chi connectivity index (χ1n) is 12.6. The van der Waals surface area contributed by atoms with E-state index < -0.39 is 0 Å². The van der Waals surface area contributed by atoms with Crippen LogP contribution in [0.4, 0.5) is 0 Å². The lowest BCUT2D eigenvalue weighted by Gasteiger charge is -2.15. The first-order valence-corrected chi connectivity index (χ1v) is 12.6. The van der Waals surface area contributed by atoms with E-state index in [1.165, 1.54) is 11.1 Å². The normalized spacial score (nSPS) is 11.1. The third kappa shape index (κ3) is 6.06. The van der Waals surface area contributed by atoms with Gasteiger partial charge < -0.3 is 19.4 Å². The van der Waals surface area contributed by atoms with Crippen molar-refractivity contribution in [2.75, 3.05) is 13.7 Å². The van der Waals surface area contributed by atoms with Crippen LogP contribution in [0.5, 0.6) is 11.5 Å². The van der Waals surface area contributed by atoms with Gasteiger partial charge in [-0.2, -0.15) is 0 Å². The molecule has 6 heteroatoms. The summed E-state index contributed by atoms with van der Waals surface area (Å²) in [7, 11) is 1.59. The van der Waals surface area contributed by atoms with Crippen molar-refractivity contribution in [3.05, 3.63) is 89.2 Å². The van der Waals surface area contributed by atoms with Crippen molar-refractivity contribution in [1.29, 1.82) is 0 Å². The minimum Gasteiger partial charge on any atom is -0.497 e. The van der Waals surface area contributed by atoms with Crippen LogP contribution in [0.3, 0.4) is 0 Å². The van der Waals surface area contributed by atoms with Gasteiger partial charge in [-0.25, -0.2) is 4.98 Å². The average Bonchev–Trinajstić information content (AvgIpc) is 3.24. The van der Waals surface area contributed by atoms with Gasteiger partial charge in [-0.05, 0) is 73.2 Å². The van der Waals surface area contributed by atoms with E-state index in [0.29, 0.717) is 30.4 Å². The molecule has 4 rings (SSSR count). The Hall–Kier alpha value is -3.80. The lowest BCUT2D eigenvalue weighted by atomic mass is 10.0. The van der Waals surface area contributed by atoms with Crippen molar-refractivity contribution in [2.24, 2.45) is 0 Å². The largest absolute Gasteiger partial charge is 0.497 e. The highest BCUT2D eigenvalue weighted by molar-refractivity contribution is 5.94.